The van der Waals surface area contributed by atoms with Crippen molar-refractivity contribution in [2.45, 2.75) is 6.92 Å². The van der Waals surface area contributed by atoms with Crippen molar-refractivity contribution in [1.29, 1.82) is 0 Å². The largest absolute Gasteiger partial charge is 0.491 e. The Balaban J connectivity index is 3.78. The quantitative estimate of drug-likeness (QED) is 0.611. The average Bonchev–Trinajstić information content (AvgIpc) is 1.89. The maximum absolute atomic E-state index is 10.8. The predicted octanol–water partition coefficient (Wildman–Crippen LogP) is 1.95. The van der Waals surface area contributed by atoms with Crippen LogP contribution in [0.2, 0.25) is 0 Å². The van der Waals surface area contributed by atoms with E-state index in [9.17, 15) is 4.57 Å². The van der Waals surface area contributed by atoms with Crippen LogP contribution in [0.5, 0.6) is 0 Å². The summed E-state index contributed by atoms with van der Waals surface area (Å²) in [5, 5.41) is 0. The maximum Gasteiger partial charge on any atom is 0.491 e. The van der Waals surface area contributed by atoms with Gasteiger partial charge >= 0.3 is 7.82 Å². The third-order valence-corrected chi connectivity index (χ3v) is 2.29. The summed E-state index contributed by atoms with van der Waals surface area (Å²) in [7, 11) is -2.22. The number of hydrogen-bond acceptors (Lipinski definition) is 4. The van der Waals surface area contributed by atoms with Crippen molar-refractivity contribution in [3.8, 4) is 0 Å². The van der Waals surface area contributed by atoms with E-state index in [0.29, 0.717) is 0 Å². The maximum atomic E-state index is 10.8. The Morgan fingerprint density at radius 3 is 2.33 bits per heavy atom. The molecule has 0 heterocycles. The summed E-state index contributed by atoms with van der Waals surface area (Å²) in [5.74, 6) is 0. The van der Waals surface area contributed by atoms with Crippen molar-refractivity contribution in [3.05, 3.63) is 0 Å². The standard InChI is InChI=1S/C3H8ClO4P/c1-3-7-9(5,6-2)8-4/h3H2,1-2H3. The van der Waals surface area contributed by atoms with Crippen LogP contribution >= 0.6 is 19.7 Å². The minimum absolute atomic E-state index is 0.234. The molecule has 0 bridgehead atoms. The molecule has 4 nitrogen and oxygen atoms in total. The molecular weight excluding hydrogens is 166 g/mol. The first-order valence-electron chi connectivity index (χ1n) is 2.29. The topological polar surface area (TPSA) is 44.8 Å². The molecule has 0 aliphatic rings. The van der Waals surface area contributed by atoms with Crippen LogP contribution in [0.15, 0.2) is 0 Å². The van der Waals surface area contributed by atoms with Crippen LogP contribution < -0.4 is 0 Å². The number of halogens is 1. The Bertz CT molecular complexity index is 108. The highest BCUT2D eigenvalue weighted by atomic mass is 35.5. The van der Waals surface area contributed by atoms with Crippen LogP contribution in [0, 0.1) is 0 Å². The fourth-order valence-electron chi connectivity index (χ4n) is 0.259. The molecule has 0 spiro atoms. The molecule has 56 valence electrons. The van der Waals surface area contributed by atoms with Crippen LogP contribution in [0.1, 0.15) is 6.92 Å². The second kappa shape index (κ2) is 4.25. The molecule has 0 aromatic rings. The van der Waals surface area contributed by atoms with E-state index in [1.165, 1.54) is 7.11 Å². The molecule has 0 aliphatic carbocycles. The van der Waals surface area contributed by atoms with E-state index >= 15 is 0 Å². The van der Waals surface area contributed by atoms with Gasteiger partial charge in [0.1, 0.15) is 0 Å². The summed E-state index contributed by atoms with van der Waals surface area (Å²) in [6.45, 7) is 1.89. The van der Waals surface area contributed by atoms with Gasteiger partial charge in [-0.25, -0.2) is 4.57 Å². The minimum Gasteiger partial charge on any atom is -0.289 e. The van der Waals surface area contributed by atoms with E-state index in [4.69, 9.17) is 11.9 Å². The lowest BCUT2D eigenvalue weighted by molar-refractivity contribution is 0.192. The Morgan fingerprint density at radius 1 is 1.67 bits per heavy atom. The van der Waals surface area contributed by atoms with Crippen LogP contribution in [-0.4, -0.2) is 13.7 Å². The molecule has 0 aromatic carbocycles. The second-order valence-electron chi connectivity index (χ2n) is 1.12. The van der Waals surface area contributed by atoms with Gasteiger partial charge in [0, 0.05) is 7.11 Å². The molecule has 0 aliphatic heterocycles. The van der Waals surface area contributed by atoms with Crippen molar-refractivity contribution in [3.63, 3.8) is 0 Å². The third kappa shape index (κ3) is 3.18. The van der Waals surface area contributed by atoms with Gasteiger partial charge in [-0.15, -0.1) is 0 Å². The Morgan fingerprint density at radius 2 is 2.22 bits per heavy atom. The van der Waals surface area contributed by atoms with E-state index in [0.717, 1.165) is 0 Å². The first-order chi connectivity index (χ1) is 4.18. The molecule has 9 heavy (non-hydrogen) atoms. The van der Waals surface area contributed by atoms with Gasteiger partial charge in [0.05, 0.1) is 18.5 Å². The Hall–Kier alpha value is 0.400. The number of rotatable bonds is 4. The lowest BCUT2D eigenvalue weighted by Crippen LogP contribution is -1.90. The van der Waals surface area contributed by atoms with E-state index in [-0.39, 0.29) is 6.61 Å². The van der Waals surface area contributed by atoms with Crippen LogP contribution in [0.3, 0.4) is 0 Å². The van der Waals surface area contributed by atoms with E-state index in [1.54, 1.807) is 6.92 Å². The molecule has 0 saturated heterocycles. The molecule has 0 fully saturated rings. The fraction of sp³-hybridized carbons (Fsp3) is 1.00. The molecule has 1 atom stereocenters. The zero-order valence-electron chi connectivity index (χ0n) is 5.17. The zero-order valence-corrected chi connectivity index (χ0v) is 6.82. The summed E-state index contributed by atoms with van der Waals surface area (Å²) in [6, 6.07) is 0. The van der Waals surface area contributed by atoms with Gasteiger partial charge in [-0.1, -0.05) is 0 Å². The summed E-state index contributed by atoms with van der Waals surface area (Å²) in [5.41, 5.74) is 0. The minimum atomic E-state index is -3.42. The predicted molar refractivity (Wildman–Crippen MR) is 33.2 cm³/mol. The van der Waals surface area contributed by atoms with Gasteiger partial charge < -0.3 is 0 Å². The zero-order chi connectivity index (χ0) is 7.33. The highest BCUT2D eigenvalue weighted by molar-refractivity contribution is 7.49. The van der Waals surface area contributed by atoms with Crippen LogP contribution in [0.25, 0.3) is 0 Å². The van der Waals surface area contributed by atoms with Gasteiger partial charge in [-0.05, 0) is 6.92 Å². The fourth-order valence-corrected chi connectivity index (χ4v) is 1.07. The summed E-state index contributed by atoms with van der Waals surface area (Å²) >= 11 is 4.77. The highest BCUT2D eigenvalue weighted by Crippen LogP contribution is 2.49. The molecule has 1 unspecified atom stereocenters. The first kappa shape index (κ1) is 9.40. The van der Waals surface area contributed by atoms with Gasteiger partial charge in [-0.3, -0.25) is 9.05 Å². The number of hydrogen-bond donors (Lipinski definition) is 0. The monoisotopic (exact) mass is 174 g/mol. The van der Waals surface area contributed by atoms with Gasteiger partial charge in [-0.2, -0.15) is 4.08 Å². The van der Waals surface area contributed by atoms with Gasteiger partial charge in [0.15, 0.2) is 0 Å². The van der Waals surface area contributed by atoms with Gasteiger partial charge in [0.25, 0.3) is 0 Å². The Labute approximate surface area is 58.8 Å². The van der Waals surface area contributed by atoms with Crippen molar-refractivity contribution >= 4 is 19.7 Å². The lowest BCUT2D eigenvalue weighted by Gasteiger charge is -2.08. The smallest absolute Gasteiger partial charge is 0.289 e. The molecule has 0 N–H and O–H groups in total. The summed E-state index contributed by atoms with van der Waals surface area (Å²) in [6.07, 6.45) is 0. The Kier molecular flexibility index (Phi) is 4.44. The van der Waals surface area contributed by atoms with E-state index in [2.05, 4.69) is 13.1 Å². The molecule has 0 aromatic heterocycles. The van der Waals surface area contributed by atoms with Crippen molar-refractivity contribution in [2.75, 3.05) is 13.7 Å². The third-order valence-electron chi connectivity index (χ3n) is 0.595. The van der Waals surface area contributed by atoms with Crippen molar-refractivity contribution in [2.24, 2.45) is 0 Å². The second-order valence-corrected chi connectivity index (χ2v) is 3.19. The number of phosphoric acid groups is 1. The summed E-state index contributed by atoms with van der Waals surface area (Å²) in [4.78, 5) is 0. The lowest BCUT2D eigenvalue weighted by atomic mass is 10.9. The highest BCUT2D eigenvalue weighted by Gasteiger charge is 2.22. The van der Waals surface area contributed by atoms with Crippen LogP contribution in [-0.2, 0) is 17.7 Å². The number of phosphoric ester groups is 1. The first-order valence-corrected chi connectivity index (χ1v) is 4.06. The van der Waals surface area contributed by atoms with Crippen molar-refractivity contribution in [1.82, 2.24) is 0 Å². The van der Waals surface area contributed by atoms with Crippen LogP contribution in [0.4, 0.5) is 0 Å². The molecular formula is C3H8ClO4P. The SMILES string of the molecule is CCOP(=O)(OC)OCl. The normalized spacial score (nSPS) is 17.2. The average molecular weight is 175 g/mol. The molecule has 0 amide bonds. The molecule has 0 saturated carbocycles. The van der Waals surface area contributed by atoms with E-state index in [1.807, 2.05) is 0 Å². The van der Waals surface area contributed by atoms with Crippen molar-refractivity contribution < 1.29 is 17.7 Å². The summed E-state index contributed by atoms with van der Waals surface area (Å²) < 4.78 is 23.5. The molecule has 0 rings (SSSR count). The van der Waals surface area contributed by atoms with E-state index < -0.39 is 7.82 Å². The van der Waals surface area contributed by atoms with Gasteiger partial charge in [0.2, 0.25) is 0 Å². The molecule has 6 heteroatoms. The molecule has 0 radical (unpaired) electrons.